The number of ketones is 1. The third kappa shape index (κ3) is 3.68. The van der Waals surface area contributed by atoms with Crippen molar-refractivity contribution in [1.82, 2.24) is 9.47 Å². The standard InChI is InChI=1S/C25H29FN4O4/c1-13(31)29-5-4-14(10-29)28-18-7-15(6-17(26)23(18)24(27)33)30-19-8-25(2,3)9-21(32)22(19)16-11-34-12-20(16)30/h6-7,14,28H,4-5,8-12H2,1-3H3,(H2,27,33). The van der Waals surface area contributed by atoms with Gasteiger partial charge in [0, 0.05) is 49.3 Å². The van der Waals surface area contributed by atoms with Crippen LogP contribution in [0.1, 0.15) is 71.3 Å². The van der Waals surface area contributed by atoms with Gasteiger partial charge in [0.05, 0.1) is 35.8 Å². The third-order valence-corrected chi connectivity index (χ3v) is 7.10. The highest BCUT2D eigenvalue weighted by Crippen LogP contribution is 2.42. The molecule has 3 aliphatic rings. The molecule has 1 atom stereocenters. The molecule has 1 aromatic heterocycles. The van der Waals surface area contributed by atoms with Crippen LogP contribution in [-0.4, -0.2) is 46.2 Å². The van der Waals surface area contributed by atoms with E-state index in [0.717, 1.165) is 17.0 Å². The maximum atomic E-state index is 15.3. The Bertz CT molecular complexity index is 1230. The van der Waals surface area contributed by atoms with Gasteiger partial charge in [0.1, 0.15) is 5.82 Å². The van der Waals surface area contributed by atoms with Crippen LogP contribution in [0.2, 0.25) is 0 Å². The Morgan fingerprint density at radius 3 is 2.65 bits per heavy atom. The van der Waals surface area contributed by atoms with Gasteiger partial charge in [0.25, 0.3) is 5.91 Å². The van der Waals surface area contributed by atoms with E-state index in [0.29, 0.717) is 56.8 Å². The lowest BCUT2D eigenvalue weighted by molar-refractivity contribution is -0.127. The maximum absolute atomic E-state index is 15.3. The van der Waals surface area contributed by atoms with Gasteiger partial charge >= 0.3 is 0 Å². The molecule has 1 aliphatic carbocycles. The molecule has 0 bridgehead atoms. The Labute approximate surface area is 197 Å². The van der Waals surface area contributed by atoms with Crippen LogP contribution in [-0.2, 0) is 29.2 Å². The van der Waals surface area contributed by atoms with Crippen molar-refractivity contribution in [1.29, 1.82) is 0 Å². The minimum Gasteiger partial charge on any atom is -0.380 e. The van der Waals surface area contributed by atoms with Crippen LogP contribution in [0, 0.1) is 11.2 Å². The van der Waals surface area contributed by atoms with Crippen molar-refractivity contribution in [2.75, 3.05) is 18.4 Å². The van der Waals surface area contributed by atoms with Crippen molar-refractivity contribution in [2.45, 2.75) is 59.3 Å². The normalized spacial score (nSPS) is 20.9. The zero-order chi connectivity index (χ0) is 24.4. The number of Topliss-reactive ketones (excluding diaryl/α,β-unsaturated/α-hetero) is 1. The number of nitrogens with two attached hydrogens (primary N) is 1. The number of hydrogen-bond acceptors (Lipinski definition) is 5. The molecule has 5 rings (SSSR count). The Kier molecular flexibility index (Phi) is 5.27. The maximum Gasteiger partial charge on any atom is 0.253 e. The van der Waals surface area contributed by atoms with Gasteiger partial charge in [-0.3, -0.25) is 14.4 Å². The molecule has 0 spiro atoms. The van der Waals surface area contributed by atoms with Crippen LogP contribution in [0.3, 0.4) is 0 Å². The molecule has 2 amide bonds. The summed E-state index contributed by atoms with van der Waals surface area (Å²) in [5, 5.41) is 3.25. The number of carbonyl (C=O) groups is 3. The first-order valence-electron chi connectivity index (χ1n) is 11.6. The number of benzene rings is 1. The Morgan fingerprint density at radius 2 is 1.97 bits per heavy atom. The van der Waals surface area contributed by atoms with Crippen LogP contribution in [0.15, 0.2) is 12.1 Å². The van der Waals surface area contributed by atoms with Crippen molar-refractivity contribution in [3.63, 3.8) is 0 Å². The molecular formula is C25H29FN4O4. The number of amides is 2. The lowest BCUT2D eigenvalue weighted by atomic mass is 9.75. The number of rotatable bonds is 4. The molecule has 9 heteroatoms. The van der Waals surface area contributed by atoms with Crippen molar-refractivity contribution < 1.29 is 23.5 Å². The molecule has 0 radical (unpaired) electrons. The summed E-state index contributed by atoms with van der Waals surface area (Å²) in [6, 6.07) is 2.88. The monoisotopic (exact) mass is 468 g/mol. The smallest absolute Gasteiger partial charge is 0.253 e. The predicted octanol–water partition coefficient (Wildman–Crippen LogP) is 2.93. The number of fused-ring (bicyclic) bond motifs is 3. The molecule has 1 aromatic carbocycles. The highest BCUT2D eigenvalue weighted by molar-refractivity contribution is 6.01. The van der Waals surface area contributed by atoms with E-state index in [4.69, 9.17) is 10.5 Å². The summed E-state index contributed by atoms with van der Waals surface area (Å²) in [5.74, 6) is -1.55. The lowest BCUT2D eigenvalue weighted by Crippen LogP contribution is -2.30. The number of nitrogens with zero attached hydrogens (tertiary/aromatic N) is 2. The van der Waals surface area contributed by atoms with Crippen LogP contribution in [0.4, 0.5) is 10.1 Å². The summed E-state index contributed by atoms with van der Waals surface area (Å²) in [6.45, 7) is 7.35. The summed E-state index contributed by atoms with van der Waals surface area (Å²) >= 11 is 0. The number of hydrogen-bond donors (Lipinski definition) is 2. The summed E-state index contributed by atoms with van der Waals surface area (Å²) in [6.07, 6.45) is 1.79. The predicted molar refractivity (Wildman–Crippen MR) is 123 cm³/mol. The van der Waals surface area contributed by atoms with Gasteiger partial charge in [-0.2, -0.15) is 0 Å². The summed E-state index contributed by atoms with van der Waals surface area (Å²) in [5.41, 5.74) is 9.16. The summed E-state index contributed by atoms with van der Waals surface area (Å²) < 4.78 is 22.9. The van der Waals surface area contributed by atoms with Gasteiger partial charge in [-0.25, -0.2) is 4.39 Å². The number of ether oxygens (including phenoxy) is 1. The van der Waals surface area contributed by atoms with E-state index >= 15 is 4.39 Å². The minimum atomic E-state index is -0.868. The number of primary amides is 1. The second kappa shape index (κ2) is 7.94. The average molecular weight is 469 g/mol. The fraction of sp³-hybridized carbons (Fsp3) is 0.480. The number of carbonyl (C=O) groups excluding carboxylic acids is 3. The molecule has 3 N–H and O–H groups in total. The zero-order valence-electron chi connectivity index (χ0n) is 19.7. The molecule has 34 heavy (non-hydrogen) atoms. The van der Waals surface area contributed by atoms with E-state index in [1.165, 1.54) is 13.0 Å². The van der Waals surface area contributed by atoms with Gasteiger partial charge in [-0.05, 0) is 30.4 Å². The van der Waals surface area contributed by atoms with Crippen molar-refractivity contribution in [3.05, 3.63) is 46.0 Å². The number of nitrogens with one attached hydrogen (secondary N) is 1. The first-order chi connectivity index (χ1) is 16.1. The second-order valence-electron chi connectivity index (χ2n) is 10.3. The largest absolute Gasteiger partial charge is 0.380 e. The van der Waals surface area contributed by atoms with Crippen LogP contribution in [0.25, 0.3) is 5.69 Å². The SMILES string of the molecule is CC(=O)N1CCC(Nc2cc(-n3c4c(c5c3CC(C)(C)CC5=O)COC4)cc(F)c2C(N)=O)C1. The van der Waals surface area contributed by atoms with Crippen LogP contribution in [0.5, 0.6) is 0 Å². The average Bonchev–Trinajstić information content (AvgIpc) is 3.41. The van der Waals surface area contributed by atoms with Crippen LogP contribution >= 0.6 is 0 Å². The molecule has 1 unspecified atom stereocenters. The van der Waals surface area contributed by atoms with E-state index in [2.05, 4.69) is 19.2 Å². The third-order valence-electron chi connectivity index (χ3n) is 7.10. The van der Waals surface area contributed by atoms with E-state index in [9.17, 15) is 14.4 Å². The fourth-order valence-corrected chi connectivity index (χ4v) is 5.60. The van der Waals surface area contributed by atoms with Gasteiger partial charge in [0.2, 0.25) is 5.91 Å². The van der Waals surface area contributed by atoms with E-state index in [-0.39, 0.29) is 34.4 Å². The topological polar surface area (TPSA) is 107 Å². The molecule has 180 valence electrons. The van der Waals surface area contributed by atoms with E-state index in [1.54, 1.807) is 11.0 Å². The highest BCUT2D eigenvalue weighted by atomic mass is 19.1. The molecule has 1 saturated heterocycles. The number of aromatic nitrogens is 1. The first-order valence-corrected chi connectivity index (χ1v) is 11.6. The van der Waals surface area contributed by atoms with Gasteiger partial charge < -0.3 is 25.3 Å². The molecule has 2 aliphatic heterocycles. The zero-order valence-corrected chi connectivity index (χ0v) is 19.7. The molecule has 3 heterocycles. The van der Waals surface area contributed by atoms with Crippen molar-refractivity contribution >= 4 is 23.3 Å². The van der Waals surface area contributed by atoms with E-state index < -0.39 is 11.7 Å². The molecule has 2 aromatic rings. The molecular weight excluding hydrogens is 439 g/mol. The van der Waals surface area contributed by atoms with Crippen molar-refractivity contribution in [3.8, 4) is 5.69 Å². The van der Waals surface area contributed by atoms with E-state index in [1.807, 2.05) is 4.57 Å². The number of likely N-dealkylation sites (tertiary alicyclic amines) is 1. The Balaban J connectivity index is 1.62. The number of anilines is 1. The fourth-order valence-electron chi connectivity index (χ4n) is 5.60. The number of halogens is 1. The summed E-state index contributed by atoms with van der Waals surface area (Å²) in [4.78, 5) is 38.6. The van der Waals surface area contributed by atoms with Gasteiger partial charge in [0.15, 0.2) is 5.78 Å². The lowest BCUT2D eigenvalue weighted by Gasteiger charge is -2.30. The quantitative estimate of drug-likeness (QED) is 0.718. The van der Waals surface area contributed by atoms with Gasteiger partial charge in [-0.15, -0.1) is 0 Å². The summed E-state index contributed by atoms with van der Waals surface area (Å²) in [7, 11) is 0. The minimum absolute atomic E-state index is 0.0267. The highest BCUT2D eigenvalue weighted by Gasteiger charge is 2.39. The van der Waals surface area contributed by atoms with Crippen LogP contribution < -0.4 is 11.1 Å². The van der Waals surface area contributed by atoms with Gasteiger partial charge in [-0.1, -0.05) is 13.8 Å². The molecule has 1 fully saturated rings. The Hall–Kier alpha value is -3.20. The first kappa shape index (κ1) is 22.6. The Morgan fingerprint density at radius 1 is 1.21 bits per heavy atom. The second-order valence-corrected chi connectivity index (χ2v) is 10.3. The van der Waals surface area contributed by atoms with Crippen molar-refractivity contribution in [2.24, 2.45) is 11.1 Å². The molecule has 8 nitrogen and oxygen atoms in total. The molecule has 0 saturated carbocycles.